The third kappa shape index (κ3) is 2.43. The van der Waals surface area contributed by atoms with Gasteiger partial charge in [-0.05, 0) is 14.0 Å². The lowest BCUT2D eigenvalue weighted by molar-refractivity contribution is 0.811. The molecule has 0 spiro atoms. The Morgan fingerprint density at radius 3 is 2.67 bits per heavy atom. The van der Waals surface area contributed by atoms with E-state index in [9.17, 15) is 0 Å². The summed E-state index contributed by atoms with van der Waals surface area (Å²) in [4.78, 5) is 4.56. The zero-order chi connectivity index (χ0) is 10.7. The molecular formula is C12H14N2S. The fraction of sp³-hybridized carbons (Fsp3) is 0.250. The summed E-state index contributed by atoms with van der Waals surface area (Å²) in [5, 5.41) is 6.35. The van der Waals surface area contributed by atoms with Crippen LogP contribution in [0.4, 0.5) is 0 Å². The number of nitrogens with one attached hydrogen (secondary N) is 1. The van der Waals surface area contributed by atoms with E-state index in [2.05, 4.69) is 46.9 Å². The molecule has 0 fully saturated rings. The van der Waals surface area contributed by atoms with Crippen LogP contribution >= 0.6 is 11.3 Å². The number of hydrogen-bond donors (Lipinski definition) is 1. The molecule has 0 saturated heterocycles. The molecule has 0 unspecified atom stereocenters. The van der Waals surface area contributed by atoms with Crippen LogP contribution in [0.5, 0.6) is 0 Å². The fourth-order valence-corrected chi connectivity index (χ4v) is 2.22. The van der Waals surface area contributed by atoms with Crippen molar-refractivity contribution < 1.29 is 0 Å². The predicted octanol–water partition coefficient (Wildman–Crippen LogP) is 2.84. The van der Waals surface area contributed by atoms with Crippen LogP contribution in [-0.4, -0.2) is 12.0 Å². The molecule has 0 saturated carbocycles. The van der Waals surface area contributed by atoms with E-state index in [0.717, 1.165) is 17.2 Å². The Balaban J connectivity index is 2.25. The summed E-state index contributed by atoms with van der Waals surface area (Å²) in [5.74, 6) is 0. The molecule has 0 aliphatic carbocycles. The number of thiazole rings is 1. The average Bonchev–Trinajstić information content (AvgIpc) is 2.68. The normalized spacial score (nSPS) is 10.5. The highest BCUT2D eigenvalue weighted by Crippen LogP contribution is 2.21. The maximum atomic E-state index is 4.56. The van der Waals surface area contributed by atoms with E-state index >= 15 is 0 Å². The molecule has 1 N–H and O–H groups in total. The molecule has 3 heteroatoms. The molecule has 2 nitrogen and oxygen atoms in total. The van der Waals surface area contributed by atoms with Crippen LogP contribution in [0.2, 0.25) is 0 Å². The molecule has 1 heterocycles. The second-order valence-electron chi connectivity index (χ2n) is 3.52. The van der Waals surface area contributed by atoms with Gasteiger partial charge in [-0.15, -0.1) is 11.3 Å². The maximum absolute atomic E-state index is 4.56. The third-order valence-corrected chi connectivity index (χ3v) is 3.08. The Morgan fingerprint density at radius 1 is 1.27 bits per heavy atom. The van der Waals surface area contributed by atoms with Gasteiger partial charge in [-0.2, -0.15) is 0 Å². The molecule has 2 aromatic rings. The SMILES string of the molecule is CNCc1nc(-c2ccc(C)cc2)cs1. The van der Waals surface area contributed by atoms with Gasteiger partial charge in [0.05, 0.1) is 5.69 Å². The van der Waals surface area contributed by atoms with Crippen molar-refractivity contribution in [3.8, 4) is 11.3 Å². The monoisotopic (exact) mass is 218 g/mol. The lowest BCUT2D eigenvalue weighted by Gasteiger charge is -1.97. The van der Waals surface area contributed by atoms with Crippen molar-refractivity contribution in [1.29, 1.82) is 0 Å². The summed E-state index contributed by atoms with van der Waals surface area (Å²) in [5.41, 5.74) is 3.55. The van der Waals surface area contributed by atoms with Gasteiger partial charge in [-0.1, -0.05) is 29.8 Å². The molecule has 0 amide bonds. The standard InChI is InChI=1S/C12H14N2S/c1-9-3-5-10(6-4-9)11-8-15-12(14-11)7-13-2/h3-6,8,13H,7H2,1-2H3. The Morgan fingerprint density at radius 2 is 2.00 bits per heavy atom. The summed E-state index contributed by atoms with van der Waals surface area (Å²) in [6.07, 6.45) is 0. The lowest BCUT2D eigenvalue weighted by Crippen LogP contribution is -2.04. The minimum atomic E-state index is 0.844. The van der Waals surface area contributed by atoms with E-state index in [-0.39, 0.29) is 0 Å². The van der Waals surface area contributed by atoms with Crippen molar-refractivity contribution in [1.82, 2.24) is 10.3 Å². The van der Waals surface area contributed by atoms with Crippen LogP contribution in [0.1, 0.15) is 10.6 Å². The van der Waals surface area contributed by atoms with E-state index in [4.69, 9.17) is 0 Å². The quantitative estimate of drug-likeness (QED) is 0.857. The van der Waals surface area contributed by atoms with Gasteiger partial charge in [0.2, 0.25) is 0 Å². The Labute approximate surface area is 94.0 Å². The average molecular weight is 218 g/mol. The number of hydrogen-bond acceptors (Lipinski definition) is 3. The largest absolute Gasteiger partial charge is 0.314 e. The van der Waals surface area contributed by atoms with Crippen molar-refractivity contribution in [3.05, 3.63) is 40.2 Å². The van der Waals surface area contributed by atoms with Gasteiger partial charge in [0, 0.05) is 17.5 Å². The van der Waals surface area contributed by atoms with Gasteiger partial charge in [0.25, 0.3) is 0 Å². The second kappa shape index (κ2) is 4.55. The van der Waals surface area contributed by atoms with Crippen LogP contribution in [0, 0.1) is 6.92 Å². The van der Waals surface area contributed by atoms with Gasteiger partial charge in [-0.3, -0.25) is 0 Å². The van der Waals surface area contributed by atoms with Crippen molar-refractivity contribution in [2.45, 2.75) is 13.5 Å². The molecule has 1 aromatic carbocycles. The van der Waals surface area contributed by atoms with Gasteiger partial charge < -0.3 is 5.32 Å². The number of nitrogens with zero attached hydrogens (tertiary/aromatic N) is 1. The van der Waals surface area contributed by atoms with Gasteiger partial charge in [0.15, 0.2) is 0 Å². The van der Waals surface area contributed by atoms with Crippen molar-refractivity contribution >= 4 is 11.3 Å². The number of rotatable bonds is 3. The maximum Gasteiger partial charge on any atom is 0.107 e. The van der Waals surface area contributed by atoms with Crippen LogP contribution < -0.4 is 5.32 Å². The van der Waals surface area contributed by atoms with E-state index in [1.165, 1.54) is 11.1 Å². The molecule has 0 radical (unpaired) electrons. The molecule has 15 heavy (non-hydrogen) atoms. The number of aryl methyl sites for hydroxylation is 1. The van der Waals surface area contributed by atoms with Crippen LogP contribution in [0.25, 0.3) is 11.3 Å². The highest BCUT2D eigenvalue weighted by molar-refractivity contribution is 7.09. The first-order valence-corrected chi connectivity index (χ1v) is 5.83. The molecule has 1 aromatic heterocycles. The number of benzene rings is 1. The van der Waals surface area contributed by atoms with Crippen molar-refractivity contribution in [2.75, 3.05) is 7.05 Å². The highest BCUT2D eigenvalue weighted by Gasteiger charge is 2.02. The first-order valence-electron chi connectivity index (χ1n) is 4.95. The lowest BCUT2D eigenvalue weighted by atomic mass is 10.1. The third-order valence-electron chi connectivity index (χ3n) is 2.23. The fourth-order valence-electron chi connectivity index (χ4n) is 1.40. The topological polar surface area (TPSA) is 24.9 Å². The number of aromatic nitrogens is 1. The molecule has 0 atom stereocenters. The Kier molecular flexibility index (Phi) is 3.14. The predicted molar refractivity (Wildman–Crippen MR) is 65.1 cm³/mol. The van der Waals surface area contributed by atoms with Crippen LogP contribution in [-0.2, 0) is 6.54 Å². The van der Waals surface area contributed by atoms with Gasteiger partial charge in [0.1, 0.15) is 5.01 Å². The first kappa shape index (κ1) is 10.3. The first-order chi connectivity index (χ1) is 7.29. The molecule has 0 aliphatic heterocycles. The Hall–Kier alpha value is -1.19. The van der Waals surface area contributed by atoms with E-state index < -0.39 is 0 Å². The summed E-state index contributed by atoms with van der Waals surface area (Å²) in [6.45, 7) is 2.94. The zero-order valence-electron chi connectivity index (χ0n) is 8.95. The van der Waals surface area contributed by atoms with Crippen molar-refractivity contribution in [3.63, 3.8) is 0 Å². The summed E-state index contributed by atoms with van der Waals surface area (Å²) in [6, 6.07) is 8.47. The van der Waals surface area contributed by atoms with E-state index in [1.807, 2.05) is 7.05 Å². The highest BCUT2D eigenvalue weighted by atomic mass is 32.1. The summed E-state index contributed by atoms with van der Waals surface area (Å²) >= 11 is 1.70. The van der Waals surface area contributed by atoms with Gasteiger partial charge >= 0.3 is 0 Å². The summed E-state index contributed by atoms with van der Waals surface area (Å²) in [7, 11) is 1.94. The van der Waals surface area contributed by atoms with E-state index in [0.29, 0.717) is 0 Å². The summed E-state index contributed by atoms with van der Waals surface area (Å²) < 4.78 is 0. The molecule has 0 aliphatic rings. The zero-order valence-corrected chi connectivity index (χ0v) is 9.77. The van der Waals surface area contributed by atoms with Crippen LogP contribution in [0.3, 0.4) is 0 Å². The minimum absolute atomic E-state index is 0.844. The molecule has 0 bridgehead atoms. The van der Waals surface area contributed by atoms with Gasteiger partial charge in [-0.25, -0.2) is 4.98 Å². The van der Waals surface area contributed by atoms with Crippen LogP contribution in [0.15, 0.2) is 29.6 Å². The van der Waals surface area contributed by atoms with Crippen molar-refractivity contribution in [2.24, 2.45) is 0 Å². The molecular weight excluding hydrogens is 204 g/mol. The Bertz CT molecular complexity index is 431. The van der Waals surface area contributed by atoms with E-state index in [1.54, 1.807) is 11.3 Å². The molecule has 2 rings (SSSR count). The smallest absolute Gasteiger partial charge is 0.107 e. The second-order valence-corrected chi connectivity index (χ2v) is 4.47. The molecule has 78 valence electrons. The minimum Gasteiger partial charge on any atom is -0.314 e.